The highest BCUT2D eigenvalue weighted by molar-refractivity contribution is 6.31. The van der Waals surface area contributed by atoms with Gasteiger partial charge in [0.2, 0.25) is 0 Å². The molecule has 0 fully saturated rings. The minimum absolute atomic E-state index is 0.116. The molecule has 2 rings (SSSR count). The molecule has 1 atom stereocenters. The van der Waals surface area contributed by atoms with E-state index in [1.807, 2.05) is 19.4 Å². The maximum absolute atomic E-state index is 13.6. The molecule has 3 nitrogen and oxygen atoms in total. The summed E-state index contributed by atoms with van der Waals surface area (Å²) in [6.07, 6.45) is 5.84. The number of halogens is 2. The van der Waals surface area contributed by atoms with Crippen LogP contribution in [0.25, 0.3) is 0 Å². The number of rotatable bonds is 5. The van der Waals surface area contributed by atoms with E-state index in [9.17, 15) is 4.39 Å². The van der Waals surface area contributed by atoms with Gasteiger partial charge in [-0.3, -0.25) is 4.68 Å². The summed E-state index contributed by atoms with van der Waals surface area (Å²) in [5, 5.41) is 4.54. The SMILES string of the molecule is Cn1cc(CCC(N)Cc2c(F)cccc2Cl)cn1. The summed E-state index contributed by atoms with van der Waals surface area (Å²) in [5.74, 6) is -0.288. The molecule has 5 heteroatoms. The Morgan fingerprint density at radius 1 is 1.47 bits per heavy atom. The van der Waals surface area contributed by atoms with Gasteiger partial charge >= 0.3 is 0 Å². The monoisotopic (exact) mass is 281 g/mol. The van der Waals surface area contributed by atoms with Crippen molar-refractivity contribution in [2.75, 3.05) is 0 Å². The molecule has 0 aliphatic rings. The van der Waals surface area contributed by atoms with Crippen molar-refractivity contribution in [3.05, 3.63) is 52.6 Å². The molecule has 1 aromatic heterocycles. The number of hydrogen-bond donors (Lipinski definition) is 1. The summed E-state index contributed by atoms with van der Waals surface area (Å²) in [6, 6.07) is 4.58. The number of benzene rings is 1. The van der Waals surface area contributed by atoms with E-state index in [0.717, 1.165) is 18.4 Å². The standard InChI is InChI=1S/C14H17ClFN3/c1-19-9-10(8-18-19)5-6-11(17)7-12-13(15)3-2-4-14(12)16/h2-4,8-9,11H,5-7,17H2,1H3. The summed E-state index contributed by atoms with van der Waals surface area (Å²) in [4.78, 5) is 0. The first-order valence-corrected chi connectivity index (χ1v) is 6.60. The molecule has 2 N–H and O–H groups in total. The molecular formula is C14H17ClFN3. The Labute approximate surface area is 117 Å². The highest BCUT2D eigenvalue weighted by Crippen LogP contribution is 2.21. The molecule has 0 bridgehead atoms. The molecule has 0 spiro atoms. The van der Waals surface area contributed by atoms with Crippen LogP contribution in [0.4, 0.5) is 4.39 Å². The van der Waals surface area contributed by atoms with Crippen molar-refractivity contribution in [1.29, 1.82) is 0 Å². The van der Waals surface area contributed by atoms with Crippen LogP contribution in [0.2, 0.25) is 5.02 Å². The fourth-order valence-corrected chi connectivity index (χ4v) is 2.28. The maximum Gasteiger partial charge on any atom is 0.127 e. The zero-order valence-electron chi connectivity index (χ0n) is 10.8. The van der Waals surface area contributed by atoms with E-state index in [1.165, 1.54) is 6.07 Å². The molecule has 0 aliphatic heterocycles. The lowest BCUT2D eigenvalue weighted by Crippen LogP contribution is -2.24. The number of hydrogen-bond acceptors (Lipinski definition) is 2. The summed E-state index contributed by atoms with van der Waals surface area (Å²) >= 11 is 5.99. The molecule has 1 aromatic carbocycles. The number of nitrogens with zero attached hydrogens (tertiary/aromatic N) is 2. The van der Waals surface area contributed by atoms with Gasteiger partial charge in [0, 0.05) is 29.9 Å². The van der Waals surface area contributed by atoms with Gasteiger partial charge in [0.15, 0.2) is 0 Å². The van der Waals surface area contributed by atoms with Crippen molar-refractivity contribution in [1.82, 2.24) is 9.78 Å². The van der Waals surface area contributed by atoms with Crippen molar-refractivity contribution in [3.8, 4) is 0 Å². The number of nitrogens with two attached hydrogens (primary N) is 1. The summed E-state index contributed by atoms with van der Waals surface area (Å²) in [6.45, 7) is 0. The molecule has 0 saturated heterocycles. The van der Waals surface area contributed by atoms with Crippen LogP contribution < -0.4 is 5.73 Å². The van der Waals surface area contributed by atoms with Gasteiger partial charge in [0.25, 0.3) is 0 Å². The van der Waals surface area contributed by atoms with Gasteiger partial charge < -0.3 is 5.73 Å². The predicted molar refractivity (Wildman–Crippen MR) is 74.6 cm³/mol. The topological polar surface area (TPSA) is 43.8 Å². The van der Waals surface area contributed by atoms with Gasteiger partial charge in [0.05, 0.1) is 6.20 Å². The quantitative estimate of drug-likeness (QED) is 0.916. The summed E-state index contributed by atoms with van der Waals surface area (Å²) in [7, 11) is 1.88. The van der Waals surface area contributed by atoms with Crippen LogP contribution in [0.1, 0.15) is 17.5 Å². The molecule has 102 valence electrons. The third-order valence-electron chi connectivity index (χ3n) is 3.09. The van der Waals surface area contributed by atoms with Crippen LogP contribution in [0.3, 0.4) is 0 Å². The minimum Gasteiger partial charge on any atom is -0.327 e. The van der Waals surface area contributed by atoms with Crippen LogP contribution in [0.15, 0.2) is 30.6 Å². The lowest BCUT2D eigenvalue weighted by atomic mass is 10.0. The third kappa shape index (κ3) is 3.78. The first-order valence-electron chi connectivity index (χ1n) is 6.22. The zero-order chi connectivity index (χ0) is 13.8. The van der Waals surface area contributed by atoms with Crippen LogP contribution in [-0.2, 0) is 19.9 Å². The number of aryl methyl sites for hydroxylation is 2. The second-order valence-corrected chi connectivity index (χ2v) is 5.13. The molecule has 19 heavy (non-hydrogen) atoms. The first kappa shape index (κ1) is 14.0. The van der Waals surface area contributed by atoms with Gasteiger partial charge in [-0.1, -0.05) is 17.7 Å². The molecule has 2 aromatic rings. The fourth-order valence-electron chi connectivity index (χ4n) is 2.04. The van der Waals surface area contributed by atoms with Gasteiger partial charge in [0.1, 0.15) is 5.82 Å². The Kier molecular flexibility index (Phi) is 4.56. The largest absolute Gasteiger partial charge is 0.327 e. The first-order chi connectivity index (χ1) is 9.06. The smallest absolute Gasteiger partial charge is 0.127 e. The third-order valence-corrected chi connectivity index (χ3v) is 3.44. The summed E-state index contributed by atoms with van der Waals surface area (Å²) in [5.41, 5.74) is 7.68. The lowest BCUT2D eigenvalue weighted by molar-refractivity contribution is 0.566. The molecule has 0 saturated carbocycles. The van der Waals surface area contributed by atoms with E-state index in [2.05, 4.69) is 5.10 Å². The average molecular weight is 282 g/mol. The lowest BCUT2D eigenvalue weighted by Gasteiger charge is -2.12. The van der Waals surface area contributed by atoms with Crippen molar-refractivity contribution in [2.24, 2.45) is 12.8 Å². The van der Waals surface area contributed by atoms with E-state index in [0.29, 0.717) is 17.0 Å². The molecular weight excluding hydrogens is 265 g/mol. The van der Waals surface area contributed by atoms with Crippen molar-refractivity contribution in [2.45, 2.75) is 25.3 Å². The maximum atomic E-state index is 13.6. The van der Waals surface area contributed by atoms with Gasteiger partial charge in [-0.2, -0.15) is 5.10 Å². The normalized spacial score (nSPS) is 12.6. The molecule has 0 amide bonds. The zero-order valence-corrected chi connectivity index (χ0v) is 11.6. The van der Waals surface area contributed by atoms with E-state index in [1.54, 1.807) is 16.8 Å². The van der Waals surface area contributed by atoms with E-state index in [4.69, 9.17) is 17.3 Å². The van der Waals surface area contributed by atoms with Crippen molar-refractivity contribution in [3.63, 3.8) is 0 Å². The minimum atomic E-state index is -0.288. The Hall–Kier alpha value is -1.39. The van der Waals surface area contributed by atoms with Crippen LogP contribution in [-0.4, -0.2) is 15.8 Å². The molecule has 0 aliphatic carbocycles. The highest BCUT2D eigenvalue weighted by atomic mass is 35.5. The van der Waals surface area contributed by atoms with Crippen LogP contribution in [0.5, 0.6) is 0 Å². The Morgan fingerprint density at radius 2 is 2.26 bits per heavy atom. The average Bonchev–Trinajstić information content (AvgIpc) is 2.77. The van der Waals surface area contributed by atoms with Crippen molar-refractivity contribution >= 4 is 11.6 Å². The second kappa shape index (κ2) is 6.17. The van der Waals surface area contributed by atoms with E-state index >= 15 is 0 Å². The van der Waals surface area contributed by atoms with E-state index in [-0.39, 0.29) is 11.9 Å². The predicted octanol–water partition coefficient (Wildman–Crippen LogP) is 2.72. The molecule has 1 heterocycles. The van der Waals surface area contributed by atoms with E-state index < -0.39 is 0 Å². The Morgan fingerprint density at radius 3 is 2.89 bits per heavy atom. The van der Waals surface area contributed by atoms with Gasteiger partial charge in [-0.05, 0) is 37.0 Å². The fraction of sp³-hybridized carbons (Fsp3) is 0.357. The Balaban J connectivity index is 1.92. The van der Waals surface area contributed by atoms with Crippen LogP contribution in [0, 0.1) is 5.82 Å². The number of aromatic nitrogens is 2. The van der Waals surface area contributed by atoms with Crippen LogP contribution >= 0.6 is 11.6 Å². The molecule has 0 radical (unpaired) electrons. The second-order valence-electron chi connectivity index (χ2n) is 4.73. The van der Waals surface area contributed by atoms with Crippen molar-refractivity contribution < 1.29 is 4.39 Å². The molecule has 1 unspecified atom stereocenters. The highest BCUT2D eigenvalue weighted by Gasteiger charge is 2.12. The Bertz CT molecular complexity index is 533. The van der Waals surface area contributed by atoms with Gasteiger partial charge in [-0.15, -0.1) is 0 Å². The summed E-state index contributed by atoms with van der Waals surface area (Å²) < 4.78 is 15.4. The van der Waals surface area contributed by atoms with Gasteiger partial charge in [-0.25, -0.2) is 4.39 Å².